The van der Waals surface area contributed by atoms with E-state index in [9.17, 15) is 0 Å². The molecule has 0 bridgehead atoms. The van der Waals surface area contributed by atoms with Crippen LogP contribution in [0.5, 0.6) is 0 Å². The second-order valence-corrected chi connectivity index (χ2v) is 3.85. The normalized spacial score (nSPS) is 12.7. The van der Waals surface area contributed by atoms with Gasteiger partial charge in [0.25, 0.3) is 0 Å². The fraction of sp³-hybridized carbons (Fsp3) is 0.182. The average Bonchev–Trinajstić information content (AvgIpc) is 2.69. The highest BCUT2D eigenvalue weighted by molar-refractivity contribution is 6.31. The molecule has 1 aromatic heterocycles. The highest BCUT2D eigenvalue weighted by Gasteiger charge is 2.06. The molecular formula is C11H12ClN3. The number of halogens is 1. The van der Waals surface area contributed by atoms with Crippen LogP contribution in [0.3, 0.4) is 0 Å². The minimum atomic E-state index is -0.0517. The molecule has 0 saturated heterocycles. The summed E-state index contributed by atoms with van der Waals surface area (Å²) in [5.74, 6) is 0. The second-order valence-electron chi connectivity index (χ2n) is 3.45. The molecule has 2 N–H and O–H groups in total. The van der Waals surface area contributed by atoms with Gasteiger partial charge in [0, 0.05) is 23.5 Å². The van der Waals surface area contributed by atoms with Crippen LogP contribution in [0.25, 0.3) is 5.69 Å². The molecule has 0 fully saturated rings. The first-order valence-electron chi connectivity index (χ1n) is 4.73. The maximum Gasteiger partial charge on any atom is 0.0660 e. The average molecular weight is 222 g/mol. The van der Waals surface area contributed by atoms with E-state index < -0.39 is 0 Å². The smallest absolute Gasteiger partial charge is 0.0660 e. The Bertz CT molecular complexity index is 449. The molecule has 0 aliphatic rings. The lowest BCUT2D eigenvalue weighted by molar-refractivity contribution is 0.814. The molecule has 1 aromatic carbocycles. The zero-order valence-corrected chi connectivity index (χ0v) is 9.15. The standard InChI is InChI=1S/C11H12ClN3/c1-8(13)10-4-3-9(7-11(10)12)15-6-2-5-14-15/h2-8H,13H2,1H3. The van der Waals surface area contributed by atoms with Crippen molar-refractivity contribution in [3.8, 4) is 5.69 Å². The van der Waals surface area contributed by atoms with Gasteiger partial charge >= 0.3 is 0 Å². The number of hydrogen-bond donors (Lipinski definition) is 1. The molecule has 1 atom stereocenters. The molecule has 0 amide bonds. The van der Waals surface area contributed by atoms with Crippen molar-refractivity contribution in [1.29, 1.82) is 0 Å². The largest absolute Gasteiger partial charge is 0.324 e. The van der Waals surface area contributed by atoms with Gasteiger partial charge in [0.15, 0.2) is 0 Å². The van der Waals surface area contributed by atoms with E-state index in [0.29, 0.717) is 5.02 Å². The lowest BCUT2D eigenvalue weighted by Gasteiger charge is -2.09. The van der Waals surface area contributed by atoms with Crippen molar-refractivity contribution in [2.45, 2.75) is 13.0 Å². The summed E-state index contributed by atoms with van der Waals surface area (Å²) in [6.07, 6.45) is 3.60. The molecule has 0 aliphatic carbocycles. The molecule has 15 heavy (non-hydrogen) atoms. The van der Waals surface area contributed by atoms with Crippen LogP contribution in [0.4, 0.5) is 0 Å². The zero-order chi connectivity index (χ0) is 10.8. The van der Waals surface area contributed by atoms with E-state index in [4.69, 9.17) is 17.3 Å². The van der Waals surface area contributed by atoms with E-state index in [1.165, 1.54) is 0 Å². The molecule has 1 heterocycles. The quantitative estimate of drug-likeness (QED) is 0.847. The topological polar surface area (TPSA) is 43.8 Å². The maximum absolute atomic E-state index is 6.12. The summed E-state index contributed by atoms with van der Waals surface area (Å²) in [4.78, 5) is 0. The lowest BCUT2D eigenvalue weighted by Crippen LogP contribution is -2.06. The van der Waals surface area contributed by atoms with Crippen LogP contribution >= 0.6 is 11.6 Å². The van der Waals surface area contributed by atoms with Gasteiger partial charge in [-0.1, -0.05) is 17.7 Å². The van der Waals surface area contributed by atoms with Gasteiger partial charge in [0.1, 0.15) is 0 Å². The van der Waals surface area contributed by atoms with Gasteiger partial charge in [0.05, 0.1) is 5.69 Å². The minimum Gasteiger partial charge on any atom is -0.324 e. The van der Waals surface area contributed by atoms with Crippen LogP contribution in [-0.4, -0.2) is 9.78 Å². The van der Waals surface area contributed by atoms with E-state index >= 15 is 0 Å². The Morgan fingerprint density at radius 2 is 2.27 bits per heavy atom. The molecule has 4 heteroatoms. The second kappa shape index (κ2) is 4.04. The van der Waals surface area contributed by atoms with Gasteiger partial charge in [-0.15, -0.1) is 0 Å². The van der Waals surface area contributed by atoms with Crippen LogP contribution < -0.4 is 5.73 Å². The Morgan fingerprint density at radius 3 is 2.80 bits per heavy atom. The molecule has 0 radical (unpaired) electrons. The molecule has 0 saturated carbocycles. The third-order valence-electron chi connectivity index (χ3n) is 2.24. The zero-order valence-electron chi connectivity index (χ0n) is 8.39. The van der Waals surface area contributed by atoms with Crippen molar-refractivity contribution in [2.24, 2.45) is 5.73 Å². The summed E-state index contributed by atoms with van der Waals surface area (Å²) < 4.78 is 1.76. The number of rotatable bonds is 2. The Balaban J connectivity index is 2.42. The van der Waals surface area contributed by atoms with Gasteiger partial charge in [-0.2, -0.15) is 5.10 Å². The van der Waals surface area contributed by atoms with Gasteiger partial charge in [-0.05, 0) is 30.7 Å². The molecule has 1 unspecified atom stereocenters. The van der Waals surface area contributed by atoms with E-state index in [0.717, 1.165) is 11.3 Å². The number of benzene rings is 1. The lowest BCUT2D eigenvalue weighted by atomic mass is 10.1. The summed E-state index contributed by atoms with van der Waals surface area (Å²) in [5, 5.41) is 4.81. The van der Waals surface area contributed by atoms with Crippen LogP contribution in [0, 0.1) is 0 Å². The highest BCUT2D eigenvalue weighted by Crippen LogP contribution is 2.23. The molecule has 0 spiro atoms. The van der Waals surface area contributed by atoms with Crippen molar-refractivity contribution < 1.29 is 0 Å². The van der Waals surface area contributed by atoms with E-state index in [1.807, 2.05) is 37.4 Å². The summed E-state index contributed by atoms with van der Waals surface area (Å²) in [6, 6.07) is 7.58. The number of nitrogens with zero attached hydrogens (tertiary/aromatic N) is 2. The minimum absolute atomic E-state index is 0.0517. The predicted molar refractivity (Wildman–Crippen MR) is 61.2 cm³/mol. The summed E-state index contributed by atoms with van der Waals surface area (Å²) in [6.45, 7) is 1.91. The molecule has 3 nitrogen and oxygen atoms in total. The van der Waals surface area contributed by atoms with Crippen molar-refractivity contribution >= 4 is 11.6 Å². The van der Waals surface area contributed by atoms with Gasteiger partial charge in [-0.3, -0.25) is 0 Å². The SMILES string of the molecule is CC(N)c1ccc(-n2cccn2)cc1Cl. The van der Waals surface area contributed by atoms with Crippen molar-refractivity contribution in [1.82, 2.24) is 9.78 Å². The predicted octanol–water partition coefficient (Wildman–Crippen LogP) is 2.55. The Morgan fingerprint density at radius 1 is 1.47 bits per heavy atom. The summed E-state index contributed by atoms with van der Waals surface area (Å²) in [7, 11) is 0. The number of nitrogens with two attached hydrogens (primary N) is 1. The van der Waals surface area contributed by atoms with Crippen LogP contribution in [0.2, 0.25) is 5.02 Å². The third-order valence-corrected chi connectivity index (χ3v) is 2.57. The monoisotopic (exact) mass is 221 g/mol. The maximum atomic E-state index is 6.12. The number of aromatic nitrogens is 2. The van der Waals surface area contributed by atoms with Gasteiger partial charge < -0.3 is 5.73 Å². The molecular weight excluding hydrogens is 210 g/mol. The van der Waals surface area contributed by atoms with Crippen molar-refractivity contribution in [3.05, 3.63) is 47.2 Å². The Labute approximate surface area is 93.5 Å². The Hall–Kier alpha value is -1.32. The first-order valence-corrected chi connectivity index (χ1v) is 5.11. The fourth-order valence-electron chi connectivity index (χ4n) is 1.45. The van der Waals surface area contributed by atoms with Crippen LogP contribution in [0.1, 0.15) is 18.5 Å². The fourth-order valence-corrected chi connectivity index (χ4v) is 1.80. The Kier molecular flexibility index (Phi) is 2.75. The van der Waals surface area contributed by atoms with E-state index in [-0.39, 0.29) is 6.04 Å². The van der Waals surface area contributed by atoms with E-state index in [1.54, 1.807) is 10.9 Å². The summed E-state index contributed by atoms with van der Waals surface area (Å²) in [5.41, 5.74) is 7.67. The number of hydrogen-bond acceptors (Lipinski definition) is 2. The van der Waals surface area contributed by atoms with Crippen molar-refractivity contribution in [3.63, 3.8) is 0 Å². The molecule has 2 aromatic rings. The van der Waals surface area contributed by atoms with E-state index in [2.05, 4.69) is 5.10 Å². The third kappa shape index (κ3) is 2.03. The molecule has 0 aliphatic heterocycles. The first kappa shape index (κ1) is 10.2. The first-order chi connectivity index (χ1) is 7.18. The van der Waals surface area contributed by atoms with Gasteiger partial charge in [0.2, 0.25) is 0 Å². The van der Waals surface area contributed by atoms with Crippen LogP contribution in [-0.2, 0) is 0 Å². The van der Waals surface area contributed by atoms with Gasteiger partial charge in [-0.25, -0.2) is 4.68 Å². The molecule has 2 rings (SSSR count). The van der Waals surface area contributed by atoms with Crippen LogP contribution in [0.15, 0.2) is 36.7 Å². The molecule has 78 valence electrons. The van der Waals surface area contributed by atoms with Crippen molar-refractivity contribution in [2.75, 3.05) is 0 Å². The summed E-state index contributed by atoms with van der Waals surface area (Å²) >= 11 is 6.12. The highest BCUT2D eigenvalue weighted by atomic mass is 35.5.